The fourth-order valence-corrected chi connectivity index (χ4v) is 3.19. The summed E-state index contributed by atoms with van der Waals surface area (Å²) in [6, 6.07) is 0. The molecule has 3 rings (SSSR count). The molecule has 1 aliphatic carbocycles. The number of hydrogen-bond acceptors (Lipinski definition) is 3. The molecule has 1 saturated carbocycles. The molecule has 0 unspecified atom stereocenters. The van der Waals surface area contributed by atoms with E-state index in [1.807, 2.05) is 0 Å². The molecule has 0 amide bonds. The van der Waals surface area contributed by atoms with Gasteiger partial charge in [0.2, 0.25) is 0 Å². The van der Waals surface area contributed by atoms with E-state index in [4.69, 9.17) is 11.6 Å². The minimum absolute atomic E-state index is 0.0543. The van der Waals surface area contributed by atoms with Gasteiger partial charge in [0.25, 0.3) is 11.8 Å². The highest BCUT2D eigenvalue weighted by Crippen LogP contribution is 2.65. The number of aromatic nitrogens is 2. The zero-order chi connectivity index (χ0) is 15.5. The van der Waals surface area contributed by atoms with Gasteiger partial charge in [0, 0.05) is 31.8 Å². The summed E-state index contributed by atoms with van der Waals surface area (Å²) in [5, 5.41) is -0.350. The second-order valence-corrected chi connectivity index (χ2v) is 6.26. The maximum Gasteiger partial charge on any atom is 0.290 e. The Labute approximate surface area is 124 Å². The first kappa shape index (κ1) is 14.8. The maximum absolute atomic E-state index is 13.3. The molecule has 1 saturated heterocycles. The molecular weight excluding hydrogens is 310 g/mol. The Morgan fingerprint density at radius 2 is 1.86 bits per heavy atom. The van der Waals surface area contributed by atoms with Crippen LogP contribution in [0.15, 0.2) is 6.20 Å². The Bertz CT molecular complexity index is 565. The topological polar surface area (TPSA) is 29.0 Å². The van der Waals surface area contributed by atoms with Crippen LogP contribution in [0.4, 0.5) is 23.4 Å². The lowest BCUT2D eigenvalue weighted by atomic mass is 9.93. The number of halogens is 5. The van der Waals surface area contributed by atoms with Crippen molar-refractivity contribution < 1.29 is 17.6 Å². The van der Waals surface area contributed by atoms with Crippen molar-refractivity contribution in [2.45, 2.75) is 38.0 Å². The Kier molecular flexibility index (Phi) is 3.13. The van der Waals surface area contributed by atoms with E-state index >= 15 is 0 Å². The van der Waals surface area contributed by atoms with Crippen LogP contribution < -0.4 is 4.90 Å². The van der Waals surface area contributed by atoms with Crippen molar-refractivity contribution in [3.63, 3.8) is 0 Å². The molecule has 1 aromatic rings. The van der Waals surface area contributed by atoms with Gasteiger partial charge in [-0.3, -0.25) is 0 Å². The number of anilines is 1. The number of rotatable bonds is 2. The fourth-order valence-electron chi connectivity index (χ4n) is 2.89. The zero-order valence-corrected chi connectivity index (χ0v) is 12.1. The molecule has 0 atom stereocenters. The smallest absolute Gasteiger partial charge is 0.290 e. The van der Waals surface area contributed by atoms with Crippen molar-refractivity contribution in [2.75, 3.05) is 18.0 Å². The lowest BCUT2D eigenvalue weighted by Crippen LogP contribution is -2.37. The van der Waals surface area contributed by atoms with Crippen molar-refractivity contribution in [2.24, 2.45) is 5.41 Å². The van der Waals surface area contributed by atoms with Crippen LogP contribution in [0.1, 0.15) is 31.9 Å². The average molecular weight is 324 g/mol. The monoisotopic (exact) mass is 323 g/mol. The summed E-state index contributed by atoms with van der Waals surface area (Å²) >= 11 is 5.75. The molecule has 8 heteroatoms. The van der Waals surface area contributed by atoms with Crippen LogP contribution in [0.2, 0.25) is 5.15 Å². The molecule has 116 valence electrons. The van der Waals surface area contributed by atoms with Gasteiger partial charge in [-0.2, -0.15) is 8.78 Å². The Hall–Kier alpha value is -1.11. The standard InChI is InChI=1S/C13H14ClF4N3/c1-11(15,16)9-10(14)20-8(6-19-9)21-4-2-12(3-5-21)7-13(12,17)18/h6H,2-5,7H2,1H3. The van der Waals surface area contributed by atoms with Gasteiger partial charge in [-0.25, -0.2) is 18.7 Å². The molecule has 1 aliphatic heterocycles. The maximum atomic E-state index is 13.3. The molecule has 2 fully saturated rings. The van der Waals surface area contributed by atoms with E-state index in [1.54, 1.807) is 4.90 Å². The molecule has 0 aromatic carbocycles. The largest absolute Gasteiger partial charge is 0.355 e. The van der Waals surface area contributed by atoms with E-state index in [0.717, 1.165) is 0 Å². The third-order valence-corrected chi connectivity index (χ3v) is 4.65. The molecular formula is C13H14ClF4N3. The van der Waals surface area contributed by atoms with Crippen LogP contribution in [-0.2, 0) is 5.92 Å². The number of nitrogens with zero attached hydrogens (tertiary/aromatic N) is 3. The van der Waals surface area contributed by atoms with E-state index in [1.165, 1.54) is 6.20 Å². The molecule has 2 aliphatic rings. The minimum atomic E-state index is -3.16. The summed E-state index contributed by atoms with van der Waals surface area (Å²) in [7, 11) is 0. The van der Waals surface area contributed by atoms with Crippen molar-refractivity contribution in [3.05, 3.63) is 17.0 Å². The minimum Gasteiger partial charge on any atom is -0.355 e. The van der Waals surface area contributed by atoms with Crippen LogP contribution in [0.5, 0.6) is 0 Å². The molecule has 0 N–H and O–H groups in total. The summed E-state index contributed by atoms with van der Waals surface area (Å²) in [4.78, 5) is 9.36. The van der Waals surface area contributed by atoms with E-state index in [2.05, 4.69) is 9.97 Å². The first-order valence-electron chi connectivity index (χ1n) is 6.68. The van der Waals surface area contributed by atoms with Gasteiger partial charge in [-0.15, -0.1) is 0 Å². The first-order chi connectivity index (χ1) is 9.65. The summed E-state index contributed by atoms with van der Waals surface area (Å²) in [6.45, 7) is 1.51. The Morgan fingerprint density at radius 3 is 2.29 bits per heavy atom. The Balaban J connectivity index is 1.73. The second kappa shape index (κ2) is 4.44. The van der Waals surface area contributed by atoms with Gasteiger partial charge in [-0.1, -0.05) is 11.6 Å². The normalized spacial score (nSPS) is 23.4. The average Bonchev–Trinajstić information content (AvgIpc) is 2.89. The predicted octanol–water partition coefficient (Wildman–Crippen LogP) is 3.87. The Morgan fingerprint density at radius 1 is 1.29 bits per heavy atom. The summed E-state index contributed by atoms with van der Waals surface area (Å²) in [6.07, 6.45) is 1.90. The fraction of sp³-hybridized carbons (Fsp3) is 0.692. The molecule has 0 bridgehead atoms. The van der Waals surface area contributed by atoms with E-state index in [9.17, 15) is 17.6 Å². The van der Waals surface area contributed by atoms with Crippen LogP contribution in [0.3, 0.4) is 0 Å². The van der Waals surface area contributed by atoms with Crippen molar-refractivity contribution in [1.29, 1.82) is 0 Å². The van der Waals surface area contributed by atoms with Crippen molar-refractivity contribution in [3.8, 4) is 0 Å². The zero-order valence-electron chi connectivity index (χ0n) is 11.3. The number of alkyl halides is 4. The van der Waals surface area contributed by atoms with Crippen LogP contribution in [0.25, 0.3) is 0 Å². The number of piperidine rings is 1. The van der Waals surface area contributed by atoms with Crippen LogP contribution in [-0.4, -0.2) is 29.0 Å². The quantitative estimate of drug-likeness (QED) is 0.774. The highest BCUT2D eigenvalue weighted by atomic mass is 35.5. The van der Waals surface area contributed by atoms with Crippen molar-refractivity contribution >= 4 is 17.4 Å². The summed E-state index contributed by atoms with van der Waals surface area (Å²) in [5.41, 5.74) is -1.44. The molecule has 0 radical (unpaired) electrons. The van der Waals surface area contributed by atoms with E-state index in [-0.39, 0.29) is 11.6 Å². The molecule has 21 heavy (non-hydrogen) atoms. The van der Waals surface area contributed by atoms with Gasteiger partial charge >= 0.3 is 0 Å². The van der Waals surface area contributed by atoms with Gasteiger partial charge in [0.05, 0.1) is 6.20 Å². The molecule has 1 spiro atoms. The highest BCUT2D eigenvalue weighted by molar-refractivity contribution is 6.30. The lowest BCUT2D eigenvalue weighted by Gasteiger charge is -2.33. The molecule has 3 nitrogen and oxygen atoms in total. The summed E-state index contributed by atoms with van der Waals surface area (Å²) < 4.78 is 53.0. The van der Waals surface area contributed by atoms with Gasteiger partial charge in [0.1, 0.15) is 11.5 Å². The lowest BCUT2D eigenvalue weighted by molar-refractivity contribution is 0.0125. The third-order valence-electron chi connectivity index (χ3n) is 4.39. The van der Waals surface area contributed by atoms with Gasteiger partial charge in [0.15, 0.2) is 5.15 Å². The highest BCUT2D eigenvalue weighted by Gasteiger charge is 2.70. The van der Waals surface area contributed by atoms with Crippen LogP contribution >= 0.6 is 11.6 Å². The van der Waals surface area contributed by atoms with Gasteiger partial charge < -0.3 is 4.90 Å². The number of hydrogen-bond donors (Lipinski definition) is 0. The second-order valence-electron chi connectivity index (χ2n) is 5.90. The van der Waals surface area contributed by atoms with Crippen LogP contribution in [0, 0.1) is 5.41 Å². The SMILES string of the molecule is CC(F)(F)c1ncc(N2CCC3(CC2)CC3(F)F)nc1Cl. The van der Waals surface area contributed by atoms with E-state index < -0.39 is 23.0 Å². The molecule has 1 aromatic heterocycles. The van der Waals surface area contributed by atoms with Crippen molar-refractivity contribution in [1.82, 2.24) is 9.97 Å². The molecule has 2 heterocycles. The summed E-state index contributed by atoms with van der Waals surface area (Å²) in [5.74, 6) is -5.37. The first-order valence-corrected chi connectivity index (χ1v) is 7.06. The predicted molar refractivity (Wildman–Crippen MR) is 70.1 cm³/mol. The third kappa shape index (κ3) is 2.45. The van der Waals surface area contributed by atoms with E-state index in [0.29, 0.717) is 38.7 Å². The van der Waals surface area contributed by atoms with Gasteiger partial charge in [-0.05, 0) is 12.8 Å².